The Hall–Kier alpha value is -3.15. The SMILES string of the molecule is CC(=O)NC1C(=O)N(CCOc2ccc(C(C)=O)cc2)c2c(C)cc(C)cc21. The number of ketones is 1. The summed E-state index contributed by atoms with van der Waals surface area (Å²) in [6, 6.07) is 10.2. The fraction of sp³-hybridized carbons (Fsp3) is 0.318. The average Bonchev–Trinajstić information content (AvgIpc) is 2.87. The predicted molar refractivity (Wildman–Crippen MR) is 107 cm³/mol. The normalized spacial score (nSPS) is 15.4. The highest BCUT2D eigenvalue weighted by Gasteiger charge is 2.38. The maximum atomic E-state index is 12.9. The highest BCUT2D eigenvalue weighted by atomic mass is 16.5. The fourth-order valence-corrected chi connectivity index (χ4v) is 3.59. The van der Waals surface area contributed by atoms with Crippen molar-refractivity contribution in [1.29, 1.82) is 0 Å². The molecule has 3 rings (SSSR count). The Kier molecular flexibility index (Phi) is 5.49. The van der Waals surface area contributed by atoms with E-state index in [9.17, 15) is 14.4 Å². The Balaban J connectivity index is 1.76. The van der Waals surface area contributed by atoms with Gasteiger partial charge in [0.1, 0.15) is 18.4 Å². The van der Waals surface area contributed by atoms with E-state index in [-0.39, 0.29) is 17.6 Å². The predicted octanol–water partition coefficient (Wildman–Crippen LogP) is 3.11. The first-order valence-corrected chi connectivity index (χ1v) is 9.21. The van der Waals surface area contributed by atoms with E-state index in [0.717, 1.165) is 22.4 Å². The molecule has 0 spiro atoms. The van der Waals surface area contributed by atoms with Crippen LogP contribution in [0.1, 0.15) is 46.9 Å². The summed E-state index contributed by atoms with van der Waals surface area (Å²) in [5.74, 6) is 0.234. The number of nitrogens with one attached hydrogen (secondary N) is 1. The number of Topliss-reactive ketones (excluding diaryl/α,β-unsaturated/α-hetero) is 1. The fourth-order valence-electron chi connectivity index (χ4n) is 3.59. The number of amides is 2. The molecule has 0 fully saturated rings. The van der Waals surface area contributed by atoms with E-state index in [0.29, 0.717) is 24.5 Å². The van der Waals surface area contributed by atoms with Gasteiger partial charge >= 0.3 is 0 Å². The van der Waals surface area contributed by atoms with Gasteiger partial charge in [0, 0.05) is 18.1 Å². The molecule has 2 amide bonds. The van der Waals surface area contributed by atoms with E-state index in [4.69, 9.17) is 4.74 Å². The van der Waals surface area contributed by atoms with Gasteiger partial charge in [-0.1, -0.05) is 17.7 Å². The molecular weight excluding hydrogens is 356 g/mol. The second kappa shape index (κ2) is 7.84. The zero-order chi connectivity index (χ0) is 20.4. The molecule has 0 radical (unpaired) electrons. The maximum Gasteiger partial charge on any atom is 0.254 e. The first-order valence-electron chi connectivity index (χ1n) is 9.21. The van der Waals surface area contributed by atoms with E-state index in [2.05, 4.69) is 5.32 Å². The topological polar surface area (TPSA) is 75.7 Å². The van der Waals surface area contributed by atoms with Crippen molar-refractivity contribution in [3.63, 3.8) is 0 Å². The number of hydrogen-bond acceptors (Lipinski definition) is 4. The summed E-state index contributed by atoms with van der Waals surface area (Å²) >= 11 is 0. The number of aryl methyl sites for hydroxylation is 2. The number of fused-ring (bicyclic) bond motifs is 1. The standard InChI is InChI=1S/C22H24N2O4/c1-13-11-14(2)21-19(12-13)20(23-16(4)26)22(27)24(21)9-10-28-18-7-5-17(6-8-18)15(3)25/h5-8,11-12,20H,9-10H2,1-4H3,(H,23,26). The molecule has 0 saturated heterocycles. The van der Waals surface area contributed by atoms with Gasteiger partial charge in [-0.15, -0.1) is 0 Å². The van der Waals surface area contributed by atoms with Crippen molar-refractivity contribution in [2.75, 3.05) is 18.1 Å². The summed E-state index contributed by atoms with van der Waals surface area (Å²) in [6.45, 7) is 7.52. The molecule has 1 aliphatic heterocycles. The summed E-state index contributed by atoms with van der Waals surface area (Å²) in [4.78, 5) is 37.5. The summed E-state index contributed by atoms with van der Waals surface area (Å²) < 4.78 is 5.75. The largest absolute Gasteiger partial charge is 0.492 e. The van der Waals surface area contributed by atoms with Crippen LogP contribution in [0.4, 0.5) is 5.69 Å². The van der Waals surface area contributed by atoms with Gasteiger partial charge in [-0.3, -0.25) is 14.4 Å². The third-order valence-corrected chi connectivity index (χ3v) is 4.76. The minimum absolute atomic E-state index is 0.000558. The zero-order valence-corrected chi connectivity index (χ0v) is 16.5. The van der Waals surface area contributed by atoms with Crippen LogP contribution in [0.5, 0.6) is 5.75 Å². The Morgan fingerprint density at radius 1 is 1.11 bits per heavy atom. The first kappa shape index (κ1) is 19.6. The van der Waals surface area contributed by atoms with E-state index in [1.807, 2.05) is 26.0 Å². The van der Waals surface area contributed by atoms with Gasteiger partial charge in [-0.05, 0) is 50.6 Å². The molecule has 2 aromatic rings. The number of carbonyl (C=O) groups is 3. The van der Waals surface area contributed by atoms with Crippen LogP contribution in [-0.4, -0.2) is 30.7 Å². The van der Waals surface area contributed by atoms with Crippen LogP contribution < -0.4 is 15.0 Å². The van der Waals surface area contributed by atoms with E-state index in [1.165, 1.54) is 13.8 Å². The van der Waals surface area contributed by atoms with Crippen LogP contribution in [0.2, 0.25) is 0 Å². The molecule has 6 heteroatoms. The number of rotatable bonds is 6. The third kappa shape index (κ3) is 3.91. The van der Waals surface area contributed by atoms with E-state index >= 15 is 0 Å². The van der Waals surface area contributed by atoms with Crippen molar-refractivity contribution < 1.29 is 19.1 Å². The maximum absolute atomic E-state index is 12.9. The lowest BCUT2D eigenvalue weighted by molar-refractivity contribution is -0.126. The second-order valence-electron chi connectivity index (χ2n) is 7.07. The molecule has 1 aliphatic rings. The van der Waals surface area contributed by atoms with Gasteiger partial charge < -0.3 is 15.0 Å². The van der Waals surface area contributed by atoms with Crippen LogP contribution in [-0.2, 0) is 9.59 Å². The molecule has 6 nitrogen and oxygen atoms in total. The quantitative estimate of drug-likeness (QED) is 0.782. The summed E-state index contributed by atoms with van der Waals surface area (Å²) in [6.07, 6.45) is 0. The monoisotopic (exact) mass is 380 g/mol. The van der Waals surface area contributed by atoms with Gasteiger partial charge in [0.15, 0.2) is 5.78 Å². The van der Waals surface area contributed by atoms with Crippen LogP contribution in [0.15, 0.2) is 36.4 Å². The van der Waals surface area contributed by atoms with Crippen molar-refractivity contribution in [2.45, 2.75) is 33.7 Å². The van der Waals surface area contributed by atoms with Gasteiger partial charge in [0.2, 0.25) is 5.91 Å². The minimum Gasteiger partial charge on any atom is -0.492 e. The number of hydrogen-bond donors (Lipinski definition) is 1. The Morgan fingerprint density at radius 3 is 2.39 bits per heavy atom. The molecule has 146 valence electrons. The average molecular weight is 380 g/mol. The lowest BCUT2D eigenvalue weighted by atomic mass is 10.0. The molecule has 0 saturated carbocycles. The third-order valence-electron chi connectivity index (χ3n) is 4.76. The van der Waals surface area contributed by atoms with Crippen molar-refractivity contribution in [3.05, 3.63) is 58.7 Å². The number of ether oxygens (including phenoxy) is 1. The first-order chi connectivity index (χ1) is 13.3. The summed E-state index contributed by atoms with van der Waals surface area (Å²) in [5, 5.41) is 2.75. The molecule has 2 aromatic carbocycles. The number of carbonyl (C=O) groups excluding carboxylic acids is 3. The minimum atomic E-state index is -0.666. The van der Waals surface area contributed by atoms with Crippen molar-refractivity contribution in [2.24, 2.45) is 0 Å². The molecule has 0 aliphatic carbocycles. The Morgan fingerprint density at radius 2 is 1.79 bits per heavy atom. The molecule has 28 heavy (non-hydrogen) atoms. The van der Waals surface area contributed by atoms with E-state index < -0.39 is 6.04 Å². The summed E-state index contributed by atoms with van der Waals surface area (Å²) in [7, 11) is 0. The van der Waals surface area contributed by atoms with Crippen molar-refractivity contribution in [3.8, 4) is 5.75 Å². The van der Waals surface area contributed by atoms with Gasteiger partial charge in [-0.25, -0.2) is 0 Å². The van der Waals surface area contributed by atoms with Gasteiger partial charge in [-0.2, -0.15) is 0 Å². The van der Waals surface area contributed by atoms with Gasteiger partial charge in [0.05, 0.1) is 12.2 Å². The Labute approximate surface area is 164 Å². The zero-order valence-electron chi connectivity index (χ0n) is 16.5. The lowest BCUT2D eigenvalue weighted by Crippen LogP contribution is -2.38. The Bertz CT molecular complexity index is 934. The van der Waals surface area contributed by atoms with Crippen LogP contribution in [0, 0.1) is 13.8 Å². The smallest absolute Gasteiger partial charge is 0.254 e. The number of nitrogens with zero attached hydrogens (tertiary/aromatic N) is 1. The second-order valence-corrected chi connectivity index (χ2v) is 7.07. The van der Waals surface area contributed by atoms with E-state index in [1.54, 1.807) is 29.2 Å². The van der Waals surface area contributed by atoms with Crippen molar-refractivity contribution in [1.82, 2.24) is 5.32 Å². The molecule has 0 aromatic heterocycles. The number of anilines is 1. The van der Waals surface area contributed by atoms with Crippen LogP contribution in [0.3, 0.4) is 0 Å². The number of benzene rings is 2. The molecular formula is C22H24N2O4. The highest BCUT2D eigenvalue weighted by Crippen LogP contribution is 2.39. The lowest BCUT2D eigenvalue weighted by Gasteiger charge is -2.20. The van der Waals surface area contributed by atoms with Crippen LogP contribution >= 0.6 is 0 Å². The molecule has 1 N–H and O–H groups in total. The highest BCUT2D eigenvalue weighted by molar-refractivity contribution is 6.07. The molecule has 0 bridgehead atoms. The summed E-state index contributed by atoms with van der Waals surface area (Å²) in [5.41, 5.74) is 4.32. The molecule has 1 atom stereocenters. The molecule has 1 heterocycles. The van der Waals surface area contributed by atoms with Gasteiger partial charge in [0.25, 0.3) is 5.91 Å². The molecule has 1 unspecified atom stereocenters. The van der Waals surface area contributed by atoms with Crippen LogP contribution in [0.25, 0.3) is 0 Å². The van der Waals surface area contributed by atoms with Crippen molar-refractivity contribution >= 4 is 23.3 Å².